The van der Waals surface area contributed by atoms with Crippen molar-refractivity contribution >= 4 is 17.7 Å². The van der Waals surface area contributed by atoms with Gasteiger partial charge in [0.2, 0.25) is 11.9 Å². The summed E-state index contributed by atoms with van der Waals surface area (Å²) in [4.78, 5) is 36.2. The highest BCUT2D eigenvalue weighted by molar-refractivity contribution is 5.75. The molecule has 2 aromatic heterocycles. The first kappa shape index (κ1) is 18.4. The van der Waals surface area contributed by atoms with E-state index in [1.54, 1.807) is 6.92 Å². The van der Waals surface area contributed by atoms with Gasteiger partial charge in [-0.2, -0.15) is 4.98 Å². The van der Waals surface area contributed by atoms with Gasteiger partial charge in [-0.25, -0.2) is 9.97 Å². The summed E-state index contributed by atoms with van der Waals surface area (Å²) in [5.41, 5.74) is 1.24. The number of carbonyl (C=O) groups is 1. The second-order valence-electron chi connectivity index (χ2n) is 5.52. The van der Waals surface area contributed by atoms with Crippen molar-refractivity contribution in [2.24, 2.45) is 0 Å². The minimum absolute atomic E-state index is 0.0523. The molecule has 25 heavy (non-hydrogen) atoms. The van der Waals surface area contributed by atoms with Gasteiger partial charge in [0.15, 0.2) is 0 Å². The molecule has 0 fully saturated rings. The minimum Gasteiger partial charge on any atom is -0.368 e. The molecule has 0 bridgehead atoms. The molecule has 0 aliphatic carbocycles. The Morgan fingerprint density at radius 3 is 2.64 bits per heavy atom. The number of nitrogens with zero attached hydrogens (tertiary/aromatic N) is 4. The average molecular weight is 345 g/mol. The lowest BCUT2D eigenvalue weighted by Crippen LogP contribution is -2.34. The third kappa shape index (κ3) is 5.87. The Labute approximate surface area is 145 Å². The van der Waals surface area contributed by atoms with E-state index in [0.29, 0.717) is 30.5 Å². The van der Waals surface area contributed by atoms with Gasteiger partial charge in [0.1, 0.15) is 12.4 Å². The molecule has 1 amide bonds. The Kier molecular flexibility index (Phi) is 6.44. The Bertz CT molecular complexity index is 788. The van der Waals surface area contributed by atoms with E-state index in [-0.39, 0.29) is 18.0 Å². The highest BCUT2D eigenvalue weighted by Crippen LogP contribution is 2.08. The number of hydrogen-bond donors (Lipinski definition) is 3. The van der Waals surface area contributed by atoms with E-state index in [0.717, 1.165) is 12.2 Å². The van der Waals surface area contributed by atoms with Crippen molar-refractivity contribution in [1.29, 1.82) is 0 Å². The Morgan fingerprint density at radius 1 is 1.12 bits per heavy atom. The van der Waals surface area contributed by atoms with Crippen LogP contribution in [0.1, 0.15) is 18.3 Å². The number of aryl methyl sites for hydroxylation is 2. The fraction of sp³-hybridized carbons (Fsp3) is 0.438. The zero-order chi connectivity index (χ0) is 18.2. The molecule has 9 nitrogen and oxygen atoms in total. The predicted octanol–water partition coefficient (Wildman–Crippen LogP) is 0.310. The molecule has 134 valence electrons. The minimum atomic E-state index is -0.248. The van der Waals surface area contributed by atoms with Crippen LogP contribution >= 0.6 is 0 Å². The highest BCUT2D eigenvalue weighted by atomic mass is 16.2. The van der Waals surface area contributed by atoms with E-state index in [1.165, 1.54) is 17.0 Å². The Morgan fingerprint density at radius 2 is 1.92 bits per heavy atom. The number of nitrogens with one attached hydrogen (secondary N) is 3. The molecule has 9 heteroatoms. The van der Waals surface area contributed by atoms with Gasteiger partial charge in [-0.3, -0.25) is 14.2 Å². The normalized spacial score (nSPS) is 10.4. The average Bonchev–Trinajstić information content (AvgIpc) is 2.54. The number of amides is 1. The van der Waals surface area contributed by atoms with Gasteiger partial charge in [0.05, 0.1) is 6.33 Å². The fourth-order valence-corrected chi connectivity index (χ4v) is 2.13. The molecule has 0 saturated carbocycles. The van der Waals surface area contributed by atoms with E-state index >= 15 is 0 Å². The van der Waals surface area contributed by atoms with Gasteiger partial charge in [-0.1, -0.05) is 0 Å². The molecular weight excluding hydrogens is 322 g/mol. The lowest BCUT2D eigenvalue weighted by Gasteiger charge is -2.10. The first-order valence-electron chi connectivity index (χ1n) is 8.11. The molecule has 2 aromatic rings. The molecule has 0 atom stereocenters. The summed E-state index contributed by atoms with van der Waals surface area (Å²) in [5, 5.41) is 8.95. The van der Waals surface area contributed by atoms with E-state index in [1.807, 2.05) is 19.9 Å². The van der Waals surface area contributed by atoms with Crippen molar-refractivity contribution < 1.29 is 4.79 Å². The lowest BCUT2D eigenvalue weighted by atomic mass is 10.4. The monoisotopic (exact) mass is 345 g/mol. The quantitative estimate of drug-likeness (QED) is 0.590. The van der Waals surface area contributed by atoms with Crippen molar-refractivity contribution in [3.8, 4) is 0 Å². The molecule has 0 aliphatic rings. The zero-order valence-electron chi connectivity index (χ0n) is 14.7. The summed E-state index contributed by atoms with van der Waals surface area (Å²) >= 11 is 0. The standard InChI is InChI=1S/C16H23N7O2/c1-4-17-16-21-12(3)7-13(22-16)18-5-6-19-14(24)9-23-10-20-11(2)8-15(23)25/h7-8,10H,4-6,9H2,1-3H3,(H,19,24)(H2,17,18,21,22). The first-order chi connectivity index (χ1) is 12.0. The Hall–Kier alpha value is -2.97. The van der Waals surface area contributed by atoms with Crippen LogP contribution in [0.3, 0.4) is 0 Å². The second kappa shape index (κ2) is 8.76. The maximum atomic E-state index is 11.9. The van der Waals surface area contributed by atoms with Gasteiger partial charge in [-0.05, 0) is 20.8 Å². The summed E-state index contributed by atoms with van der Waals surface area (Å²) in [5.74, 6) is 1.01. The van der Waals surface area contributed by atoms with Gasteiger partial charge >= 0.3 is 0 Å². The van der Waals surface area contributed by atoms with E-state index < -0.39 is 0 Å². The summed E-state index contributed by atoms with van der Waals surface area (Å²) in [7, 11) is 0. The SMILES string of the molecule is CCNc1nc(C)cc(NCCNC(=O)Cn2cnc(C)cc2=O)n1. The molecule has 0 aliphatic heterocycles. The maximum Gasteiger partial charge on any atom is 0.253 e. The number of rotatable bonds is 8. The van der Waals surface area contributed by atoms with Gasteiger partial charge in [0, 0.05) is 43.2 Å². The molecule has 2 rings (SSSR count). The molecule has 3 N–H and O–H groups in total. The van der Waals surface area contributed by atoms with Crippen LogP contribution in [0.2, 0.25) is 0 Å². The number of hydrogen-bond acceptors (Lipinski definition) is 7. The maximum absolute atomic E-state index is 11.9. The molecule has 0 saturated heterocycles. The van der Waals surface area contributed by atoms with Crippen molar-refractivity contribution in [2.75, 3.05) is 30.3 Å². The molecule has 2 heterocycles. The van der Waals surface area contributed by atoms with Crippen molar-refractivity contribution in [3.05, 3.63) is 40.2 Å². The van der Waals surface area contributed by atoms with Crippen LogP contribution in [0.5, 0.6) is 0 Å². The summed E-state index contributed by atoms with van der Waals surface area (Å²) in [6, 6.07) is 3.23. The molecular formula is C16H23N7O2. The molecule has 0 aromatic carbocycles. The topological polar surface area (TPSA) is 114 Å². The Balaban J connectivity index is 1.79. The van der Waals surface area contributed by atoms with Crippen LogP contribution in [-0.4, -0.2) is 45.1 Å². The van der Waals surface area contributed by atoms with Gasteiger partial charge in [0.25, 0.3) is 5.56 Å². The summed E-state index contributed by atoms with van der Waals surface area (Å²) in [6.45, 7) is 7.20. The van der Waals surface area contributed by atoms with Crippen LogP contribution < -0.4 is 21.5 Å². The largest absolute Gasteiger partial charge is 0.368 e. The summed E-state index contributed by atoms with van der Waals surface area (Å²) in [6.07, 6.45) is 1.38. The third-order valence-corrected chi connectivity index (χ3v) is 3.27. The smallest absolute Gasteiger partial charge is 0.253 e. The van der Waals surface area contributed by atoms with Crippen molar-refractivity contribution in [2.45, 2.75) is 27.3 Å². The third-order valence-electron chi connectivity index (χ3n) is 3.27. The van der Waals surface area contributed by atoms with Crippen LogP contribution in [0.25, 0.3) is 0 Å². The summed E-state index contributed by atoms with van der Waals surface area (Å²) < 4.78 is 1.27. The van der Waals surface area contributed by atoms with E-state index in [4.69, 9.17) is 0 Å². The number of carbonyl (C=O) groups excluding carboxylic acids is 1. The fourth-order valence-electron chi connectivity index (χ4n) is 2.13. The first-order valence-corrected chi connectivity index (χ1v) is 8.11. The lowest BCUT2D eigenvalue weighted by molar-refractivity contribution is -0.121. The van der Waals surface area contributed by atoms with Crippen LogP contribution in [0, 0.1) is 13.8 Å². The van der Waals surface area contributed by atoms with Crippen LogP contribution in [0.4, 0.5) is 11.8 Å². The van der Waals surface area contributed by atoms with E-state index in [2.05, 4.69) is 30.9 Å². The van der Waals surface area contributed by atoms with E-state index in [9.17, 15) is 9.59 Å². The predicted molar refractivity (Wildman–Crippen MR) is 95.7 cm³/mol. The van der Waals surface area contributed by atoms with Crippen molar-refractivity contribution in [3.63, 3.8) is 0 Å². The molecule has 0 spiro atoms. The zero-order valence-corrected chi connectivity index (χ0v) is 14.7. The number of anilines is 2. The van der Waals surface area contributed by atoms with Crippen LogP contribution in [-0.2, 0) is 11.3 Å². The molecule has 0 unspecified atom stereocenters. The van der Waals surface area contributed by atoms with Crippen molar-refractivity contribution in [1.82, 2.24) is 24.8 Å². The van der Waals surface area contributed by atoms with Crippen LogP contribution in [0.15, 0.2) is 23.3 Å². The van der Waals surface area contributed by atoms with Gasteiger partial charge < -0.3 is 16.0 Å². The number of aromatic nitrogens is 4. The molecule has 0 radical (unpaired) electrons. The van der Waals surface area contributed by atoms with Gasteiger partial charge in [-0.15, -0.1) is 0 Å². The second-order valence-corrected chi connectivity index (χ2v) is 5.52. The highest BCUT2D eigenvalue weighted by Gasteiger charge is 2.05.